The van der Waals surface area contributed by atoms with Crippen molar-refractivity contribution in [2.75, 3.05) is 20.2 Å². The van der Waals surface area contributed by atoms with Crippen molar-refractivity contribution in [1.29, 1.82) is 0 Å². The van der Waals surface area contributed by atoms with Gasteiger partial charge in [-0.25, -0.2) is 15.0 Å². The number of benzene rings is 1. The molecule has 0 bridgehead atoms. The van der Waals surface area contributed by atoms with Gasteiger partial charge in [-0.1, -0.05) is 12.5 Å². The van der Waals surface area contributed by atoms with E-state index >= 15 is 0 Å². The normalized spacial score (nSPS) is 23.3. The topological polar surface area (TPSA) is 51.1 Å². The minimum Gasteiger partial charge on any atom is -0.467 e. The number of rotatable bonds is 4. The molecule has 0 radical (unpaired) electrons. The molecule has 2 aliphatic rings. The second-order valence-electron chi connectivity index (χ2n) is 7.61. The van der Waals surface area contributed by atoms with Gasteiger partial charge in [0.1, 0.15) is 0 Å². The van der Waals surface area contributed by atoms with Gasteiger partial charge in [-0.2, -0.15) is 0 Å². The Morgan fingerprint density at radius 3 is 2.56 bits per heavy atom. The van der Waals surface area contributed by atoms with E-state index in [-0.39, 0.29) is 0 Å². The van der Waals surface area contributed by atoms with Crippen LogP contribution in [0.4, 0.5) is 0 Å². The summed E-state index contributed by atoms with van der Waals surface area (Å²) >= 11 is 1.85. The van der Waals surface area contributed by atoms with Crippen molar-refractivity contribution in [3.05, 3.63) is 35.6 Å². The van der Waals surface area contributed by atoms with E-state index in [0.29, 0.717) is 11.9 Å². The Morgan fingerprint density at radius 2 is 1.81 bits per heavy atom. The van der Waals surface area contributed by atoms with E-state index in [1.807, 2.05) is 23.7 Å². The second kappa shape index (κ2) is 7.17. The summed E-state index contributed by atoms with van der Waals surface area (Å²) in [5, 5.41) is 1.31. The highest BCUT2D eigenvalue weighted by molar-refractivity contribution is 7.18. The lowest BCUT2D eigenvalue weighted by Gasteiger charge is -2.43. The summed E-state index contributed by atoms with van der Waals surface area (Å²) in [4.78, 5) is 16.1. The van der Waals surface area contributed by atoms with Crippen molar-refractivity contribution in [1.82, 2.24) is 19.9 Å². The van der Waals surface area contributed by atoms with Crippen LogP contribution >= 0.6 is 11.3 Å². The number of hydrogen-bond donors (Lipinski definition) is 0. The Kier molecular flexibility index (Phi) is 4.53. The van der Waals surface area contributed by atoms with Gasteiger partial charge in [0.2, 0.25) is 0 Å². The molecular weight excluding hydrogens is 356 g/mol. The van der Waals surface area contributed by atoms with Crippen LogP contribution in [0.1, 0.15) is 43.0 Å². The van der Waals surface area contributed by atoms with E-state index in [1.54, 1.807) is 7.11 Å². The summed E-state index contributed by atoms with van der Waals surface area (Å²) in [5.41, 5.74) is 3.23. The molecule has 0 N–H and O–H groups in total. The lowest BCUT2D eigenvalue weighted by molar-refractivity contribution is 0.0888. The van der Waals surface area contributed by atoms with Crippen LogP contribution in [0.5, 0.6) is 6.01 Å². The number of thiazole rings is 1. The largest absolute Gasteiger partial charge is 0.467 e. The summed E-state index contributed by atoms with van der Waals surface area (Å²) in [6, 6.07) is 7.62. The molecule has 0 spiro atoms. The standard InChI is InChI=1S/C21H24N4OS/c1-26-21-22-12-16(13-23-21)14-5-6-18-19(11-14)27-20(24-18)15-9-17(10-15)25-7-3-2-4-8-25/h5-6,11-13,15,17H,2-4,7-10H2,1H3. The van der Waals surface area contributed by atoms with Crippen LogP contribution in [0.25, 0.3) is 21.3 Å². The molecule has 0 amide bonds. The fourth-order valence-corrected chi connectivity index (χ4v) is 5.37. The molecule has 2 aromatic heterocycles. The molecule has 0 atom stereocenters. The zero-order valence-electron chi connectivity index (χ0n) is 15.6. The molecule has 6 heteroatoms. The SMILES string of the molecule is COc1ncc(-c2ccc3nc(C4CC(N5CCCCC5)C4)sc3c2)cn1. The minimum absolute atomic E-state index is 0.396. The maximum Gasteiger partial charge on any atom is 0.316 e. The summed E-state index contributed by atoms with van der Waals surface area (Å²) in [7, 11) is 1.58. The molecule has 1 aromatic carbocycles. The molecule has 5 rings (SSSR count). The zero-order valence-corrected chi connectivity index (χ0v) is 16.4. The maximum absolute atomic E-state index is 5.04. The number of piperidine rings is 1. The minimum atomic E-state index is 0.396. The highest BCUT2D eigenvalue weighted by atomic mass is 32.1. The number of nitrogens with zero attached hydrogens (tertiary/aromatic N) is 4. The van der Waals surface area contributed by atoms with Crippen LogP contribution in [0.2, 0.25) is 0 Å². The van der Waals surface area contributed by atoms with Crippen molar-refractivity contribution < 1.29 is 4.74 Å². The third-order valence-corrected chi connectivity index (χ3v) is 7.10. The molecule has 1 saturated carbocycles. The number of aromatic nitrogens is 3. The Hall–Kier alpha value is -2.05. The van der Waals surface area contributed by atoms with Gasteiger partial charge in [-0.3, -0.25) is 0 Å². The van der Waals surface area contributed by atoms with Crippen molar-refractivity contribution in [3.8, 4) is 17.1 Å². The van der Waals surface area contributed by atoms with Crippen molar-refractivity contribution in [2.24, 2.45) is 0 Å². The first-order valence-corrected chi connectivity index (χ1v) is 10.6. The predicted octanol–water partition coefficient (Wildman–Crippen LogP) is 4.49. The zero-order chi connectivity index (χ0) is 18.2. The Labute approximate surface area is 163 Å². The van der Waals surface area contributed by atoms with Crippen LogP contribution in [0, 0.1) is 0 Å². The Balaban J connectivity index is 1.32. The number of likely N-dealkylation sites (tertiary alicyclic amines) is 1. The van der Waals surface area contributed by atoms with Gasteiger partial charge in [0.25, 0.3) is 0 Å². The molecule has 1 saturated heterocycles. The van der Waals surface area contributed by atoms with E-state index in [9.17, 15) is 0 Å². The summed E-state index contributed by atoms with van der Waals surface area (Å²) in [6.45, 7) is 2.59. The van der Waals surface area contributed by atoms with E-state index in [1.165, 1.54) is 54.9 Å². The van der Waals surface area contributed by atoms with Crippen LogP contribution in [-0.2, 0) is 0 Å². The third-order valence-electron chi connectivity index (χ3n) is 5.92. The third kappa shape index (κ3) is 3.32. The van der Waals surface area contributed by atoms with E-state index in [2.05, 4.69) is 33.1 Å². The van der Waals surface area contributed by atoms with Crippen LogP contribution in [-0.4, -0.2) is 46.1 Å². The van der Waals surface area contributed by atoms with Gasteiger partial charge in [-0.05, 0) is 56.5 Å². The van der Waals surface area contributed by atoms with Gasteiger partial charge >= 0.3 is 6.01 Å². The van der Waals surface area contributed by atoms with Crippen molar-refractivity contribution in [2.45, 2.75) is 44.1 Å². The molecule has 3 aromatic rings. The average molecular weight is 381 g/mol. The van der Waals surface area contributed by atoms with Gasteiger partial charge in [0.15, 0.2) is 0 Å². The lowest BCUT2D eigenvalue weighted by Crippen LogP contribution is -2.46. The van der Waals surface area contributed by atoms with Gasteiger partial charge in [-0.15, -0.1) is 11.3 Å². The van der Waals surface area contributed by atoms with Gasteiger partial charge in [0.05, 0.1) is 22.3 Å². The molecule has 27 heavy (non-hydrogen) atoms. The number of hydrogen-bond acceptors (Lipinski definition) is 6. The molecule has 2 fully saturated rings. The Bertz CT molecular complexity index is 927. The molecule has 0 unspecified atom stereocenters. The number of fused-ring (bicyclic) bond motifs is 1. The molecule has 5 nitrogen and oxygen atoms in total. The quantitative estimate of drug-likeness (QED) is 0.667. The van der Waals surface area contributed by atoms with Crippen molar-refractivity contribution in [3.63, 3.8) is 0 Å². The predicted molar refractivity (Wildman–Crippen MR) is 108 cm³/mol. The van der Waals surface area contributed by atoms with E-state index in [4.69, 9.17) is 9.72 Å². The van der Waals surface area contributed by atoms with Gasteiger partial charge in [0, 0.05) is 29.9 Å². The fraction of sp³-hybridized carbons (Fsp3) is 0.476. The van der Waals surface area contributed by atoms with Crippen LogP contribution in [0.15, 0.2) is 30.6 Å². The number of methoxy groups -OCH3 is 1. The monoisotopic (exact) mass is 380 g/mol. The van der Waals surface area contributed by atoms with E-state index < -0.39 is 0 Å². The highest BCUT2D eigenvalue weighted by Gasteiger charge is 2.36. The van der Waals surface area contributed by atoms with Crippen LogP contribution < -0.4 is 4.74 Å². The summed E-state index contributed by atoms with van der Waals surface area (Å²) in [6.07, 6.45) is 10.3. The second-order valence-corrected chi connectivity index (χ2v) is 8.67. The first-order chi connectivity index (χ1) is 13.3. The highest BCUT2D eigenvalue weighted by Crippen LogP contribution is 2.43. The molecule has 3 heterocycles. The first-order valence-electron chi connectivity index (χ1n) is 9.81. The van der Waals surface area contributed by atoms with Gasteiger partial charge < -0.3 is 9.64 Å². The molecule has 1 aliphatic carbocycles. The van der Waals surface area contributed by atoms with E-state index in [0.717, 1.165) is 22.7 Å². The summed E-state index contributed by atoms with van der Waals surface area (Å²) < 4.78 is 6.29. The lowest BCUT2D eigenvalue weighted by atomic mass is 9.79. The average Bonchev–Trinajstić information content (AvgIpc) is 3.10. The smallest absolute Gasteiger partial charge is 0.316 e. The maximum atomic E-state index is 5.04. The fourth-order valence-electron chi connectivity index (χ4n) is 4.24. The van der Waals surface area contributed by atoms with Crippen molar-refractivity contribution >= 4 is 21.6 Å². The molecular formula is C21H24N4OS. The molecule has 140 valence electrons. The Morgan fingerprint density at radius 1 is 1.04 bits per heavy atom. The summed E-state index contributed by atoms with van der Waals surface area (Å²) in [5.74, 6) is 0.641. The first kappa shape index (κ1) is 17.1. The molecule has 1 aliphatic heterocycles. The number of ether oxygens (including phenoxy) is 1. The van der Waals surface area contributed by atoms with Crippen LogP contribution in [0.3, 0.4) is 0 Å².